The Kier molecular flexibility index (Phi) is 3.96. The zero-order chi connectivity index (χ0) is 13.0. The molecular weight excluding hydrogens is 290 g/mol. The van der Waals surface area contributed by atoms with E-state index in [0.29, 0.717) is 0 Å². The molecule has 3 nitrogen and oxygen atoms in total. The van der Waals surface area contributed by atoms with E-state index in [4.69, 9.17) is 0 Å². The summed E-state index contributed by atoms with van der Waals surface area (Å²) in [6, 6.07) is 11.7. The lowest BCUT2D eigenvalue weighted by Crippen LogP contribution is -2.08. The Labute approximate surface area is 115 Å². The second-order valence-corrected chi connectivity index (χ2v) is 4.92. The average Bonchev–Trinajstić information content (AvgIpc) is 2.37. The van der Waals surface area contributed by atoms with Gasteiger partial charge in [-0.1, -0.05) is 29.8 Å². The summed E-state index contributed by atoms with van der Waals surface area (Å²) in [5, 5.41) is 12.4. The van der Waals surface area contributed by atoms with Crippen molar-refractivity contribution < 1.29 is 0 Å². The van der Waals surface area contributed by atoms with Crippen molar-refractivity contribution >= 4 is 21.6 Å². The van der Waals surface area contributed by atoms with Gasteiger partial charge in [-0.15, -0.1) is 0 Å². The van der Waals surface area contributed by atoms with Gasteiger partial charge in [0.2, 0.25) is 0 Å². The maximum Gasteiger partial charge on any atom is 0.140 e. The number of pyridine rings is 1. The molecule has 1 aromatic heterocycles. The molecule has 0 unspecified atom stereocenters. The van der Waals surface area contributed by atoms with Gasteiger partial charge in [-0.05, 0) is 34.5 Å². The van der Waals surface area contributed by atoms with E-state index in [-0.39, 0.29) is 6.04 Å². The molecule has 0 aliphatic rings. The van der Waals surface area contributed by atoms with Crippen LogP contribution in [0, 0.1) is 18.3 Å². The van der Waals surface area contributed by atoms with E-state index < -0.39 is 0 Å². The molecule has 18 heavy (non-hydrogen) atoms. The molecule has 1 heterocycles. The molecule has 0 saturated heterocycles. The number of aromatic nitrogens is 1. The Hall–Kier alpha value is -1.86. The number of benzene rings is 1. The highest BCUT2D eigenvalue weighted by Gasteiger charge is 2.10. The van der Waals surface area contributed by atoms with Crippen LogP contribution in [0.3, 0.4) is 0 Å². The molecule has 0 amide bonds. The first-order valence-electron chi connectivity index (χ1n) is 5.52. The van der Waals surface area contributed by atoms with Crippen molar-refractivity contribution in [3.05, 3.63) is 58.3 Å². The summed E-state index contributed by atoms with van der Waals surface area (Å²) in [6.45, 7) is 2.02. The van der Waals surface area contributed by atoms with Crippen LogP contribution in [0.15, 0.2) is 47.2 Å². The summed E-state index contributed by atoms with van der Waals surface area (Å²) in [5.74, 6) is 0. The molecule has 4 heteroatoms. The van der Waals surface area contributed by atoms with Crippen LogP contribution in [0.1, 0.15) is 17.2 Å². The summed E-state index contributed by atoms with van der Waals surface area (Å²) < 4.78 is 0.882. The minimum absolute atomic E-state index is 0.373. The molecule has 0 aliphatic heterocycles. The van der Waals surface area contributed by atoms with Crippen LogP contribution in [0.4, 0.5) is 5.69 Å². The van der Waals surface area contributed by atoms with E-state index in [1.807, 2.05) is 37.3 Å². The molecule has 2 aromatic rings. The second kappa shape index (κ2) is 5.65. The van der Waals surface area contributed by atoms with Crippen LogP contribution in [-0.4, -0.2) is 4.98 Å². The Morgan fingerprint density at radius 2 is 2.00 bits per heavy atom. The first kappa shape index (κ1) is 12.6. The molecule has 0 spiro atoms. The third-order valence-corrected chi connectivity index (χ3v) is 2.99. The SMILES string of the molecule is Cc1ccc([C@@H](C#N)Nc2cncc(Br)c2)cc1. The molecule has 0 fully saturated rings. The van der Waals surface area contributed by atoms with E-state index in [9.17, 15) is 5.26 Å². The van der Waals surface area contributed by atoms with Gasteiger partial charge >= 0.3 is 0 Å². The smallest absolute Gasteiger partial charge is 0.140 e. The van der Waals surface area contributed by atoms with Gasteiger partial charge < -0.3 is 5.32 Å². The largest absolute Gasteiger partial charge is 0.365 e. The van der Waals surface area contributed by atoms with Crippen LogP contribution in [0.5, 0.6) is 0 Å². The van der Waals surface area contributed by atoms with Crippen molar-refractivity contribution in [2.75, 3.05) is 5.32 Å². The van der Waals surface area contributed by atoms with Gasteiger partial charge in [0, 0.05) is 10.7 Å². The maximum absolute atomic E-state index is 9.23. The highest BCUT2D eigenvalue weighted by molar-refractivity contribution is 9.10. The standard InChI is InChI=1S/C14H12BrN3/c1-10-2-4-11(5-3-10)14(7-16)18-13-6-12(15)8-17-9-13/h2-6,8-9,14,18H,1H3/t14-/m1/s1. The van der Waals surface area contributed by atoms with Gasteiger partial charge in [-0.25, -0.2) is 0 Å². The normalized spacial score (nSPS) is 11.6. The molecule has 2 rings (SSSR count). The number of hydrogen-bond acceptors (Lipinski definition) is 3. The van der Waals surface area contributed by atoms with Crippen molar-refractivity contribution in [3.63, 3.8) is 0 Å². The van der Waals surface area contributed by atoms with Gasteiger partial charge in [0.25, 0.3) is 0 Å². The van der Waals surface area contributed by atoms with Gasteiger partial charge in [-0.3, -0.25) is 4.98 Å². The van der Waals surface area contributed by atoms with E-state index in [0.717, 1.165) is 15.7 Å². The fraction of sp³-hybridized carbons (Fsp3) is 0.143. The minimum Gasteiger partial charge on any atom is -0.365 e. The predicted octanol–water partition coefficient (Wildman–Crippen LogP) is 3.83. The maximum atomic E-state index is 9.23. The zero-order valence-corrected chi connectivity index (χ0v) is 11.5. The summed E-state index contributed by atoms with van der Waals surface area (Å²) >= 11 is 3.35. The van der Waals surface area contributed by atoms with E-state index in [1.54, 1.807) is 12.4 Å². The Bertz CT molecular complexity index is 572. The van der Waals surface area contributed by atoms with Gasteiger partial charge in [0.15, 0.2) is 0 Å². The van der Waals surface area contributed by atoms with Crippen molar-refractivity contribution in [2.45, 2.75) is 13.0 Å². The van der Waals surface area contributed by atoms with E-state index >= 15 is 0 Å². The molecule has 1 N–H and O–H groups in total. The topological polar surface area (TPSA) is 48.7 Å². The number of nitriles is 1. The van der Waals surface area contributed by atoms with Crippen molar-refractivity contribution in [2.24, 2.45) is 0 Å². The Morgan fingerprint density at radius 3 is 2.61 bits per heavy atom. The molecule has 0 radical (unpaired) electrons. The Morgan fingerprint density at radius 1 is 1.28 bits per heavy atom. The predicted molar refractivity (Wildman–Crippen MR) is 75.1 cm³/mol. The zero-order valence-electron chi connectivity index (χ0n) is 9.89. The third kappa shape index (κ3) is 3.08. The molecular formula is C14H12BrN3. The number of aryl methyl sites for hydroxylation is 1. The lowest BCUT2D eigenvalue weighted by atomic mass is 10.1. The molecule has 0 aliphatic carbocycles. The Balaban J connectivity index is 2.20. The van der Waals surface area contributed by atoms with Crippen molar-refractivity contribution in [1.29, 1.82) is 5.26 Å². The van der Waals surface area contributed by atoms with E-state index in [2.05, 4.69) is 32.3 Å². The number of rotatable bonds is 3. The monoisotopic (exact) mass is 301 g/mol. The number of nitrogens with one attached hydrogen (secondary N) is 1. The van der Waals surface area contributed by atoms with Crippen LogP contribution < -0.4 is 5.32 Å². The molecule has 0 bridgehead atoms. The first-order chi connectivity index (χ1) is 8.69. The first-order valence-corrected chi connectivity index (χ1v) is 6.31. The summed E-state index contributed by atoms with van der Waals surface area (Å²) in [7, 11) is 0. The van der Waals surface area contributed by atoms with Gasteiger partial charge in [-0.2, -0.15) is 5.26 Å². The van der Waals surface area contributed by atoms with Gasteiger partial charge in [0.05, 0.1) is 18.0 Å². The van der Waals surface area contributed by atoms with Crippen molar-refractivity contribution in [3.8, 4) is 6.07 Å². The fourth-order valence-corrected chi connectivity index (χ4v) is 1.97. The minimum atomic E-state index is -0.373. The van der Waals surface area contributed by atoms with Crippen LogP contribution in [0.2, 0.25) is 0 Å². The third-order valence-electron chi connectivity index (χ3n) is 2.56. The van der Waals surface area contributed by atoms with Gasteiger partial charge in [0.1, 0.15) is 6.04 Å². The average molecular weight is 302 g/mol. The van der Waals surface area contributed by atoms with Crippen LogP contribution >= 0.6 is 15.9 Å². The van der Waals surface area contributed by atoms with Crippen LogP contribution in [0.25, 0.3) is 0 Å². The highest BCUT2D eigenvalue weighted by Crippen LogP contribution is 2.21. The lowest BCUT2D eigenvalue weighted by molar-refractivity contribution is 0.992. The van der Waals surface area contributed by atoms with Crippen LogP contribution in [-0.2, 0) is 0 Å². The fourth-order valence-electron chi connectivity index (χ4n) is 1.61. The second-order valence-electron chi connectivity index (χ2n) is 4.01. The molecule has 1 atom stereocenters. The van der Waals surface area contributed by atoms with Crippen molar-refractivity contribution in [1.82, 2.24) is 4.98 Å². The molecule has 1 aromatic carbocycles. The quantitative estimate of drug-likeness (QED) is 0.937. The summed E-state index contributed by atoms with van der Waals surface area (Å²) in [5.41, 5.74) is 2.94. The molecule has 90 valence electrons. The number of anilines is 1. The highest BCUT2D eigenvalue weighted by atomic mass is 79.9. The lowest BCUT2D eigenvalue weighted by Gasteiger charge is -2.13. The van der Waals surface area contributed by atoms with E-state index in [1.165, 1.54) is 5.56 Å². The number of nitrogens with zero attached hydrogens (tertiary/aromatic N) is 2. The summed E-state index contributed by atoms with van der Waals surface area (Å²) in [6.07, 6.45) is 3.40. The molecule has 0 saturated carbocycles. The number of hydrogen-bond donors (Lipinski definition) is 1. The summed E-state index contributed by atoms with van der Waals surface area (Å²) in [4.78, 5) is 4.06. The number of halogens is 1.